The molecule has 0 fully saturated rings. The molecule has 88 valence electrons. The Morgan fingerprint density at radius 2 is 2.00 bits per heavy atom. The average molecular weight is 229 g/mol. The van der Waals surface area contributed by atoms with Crippen molar-refractivity contribution in [3.63, 3.8) is 0 Å². The smallest absolute Gasteiger partial charge is 0.319 e. The molecule has 1 aromatic rings. The maximum Gasteiger partial charge on any atom is 0.319 e. The van der Waals surface area contributed by atoms with E-state index in [-0.39, 0.29) is 12.1 Å². The zero-order valence-corrected chi connectivity index (χ0v) is 8.87. The van der Waals surface area contributed by atoms with Gasteiger partial charge in [0.15, 0.2) is 0 Å². The molecule has 0 saturated carbocycles. The van der Waals surface area contributed by atoms with Crippen LogP contribution in [0.4, 0.5) is 8.78 Å². The van der Waals surface area contributed by atoms with E-state index in [9.17, 15) is 13.6 Å². The highest BCUT2D eigenvalue weighted by Gasteiger charge is 2.30. The number of carbonyl (C=O) groups is 1. The van der Waals surface area contributed by atoms with Gasteiger partial charge in [0.2, 0.25) is 0 Å². The van der Waals surface area contributed by atoms with Crippen LogP contribution in [-0.2, 0) is 15.5 Å². The maximum atomic E-state index is 13.5. The lowest BCUT2D eigenvalue weighted by Crippen LogP contribution is -2.34. The molecule has 0 bridgehead atoms. The van der Waals surface area contributed by atoms with Crippen LogP contribution < -0.4 is 5.32 Å². The lowest BCUT2D eigenvalue weighted by Gasteiger charge is -2.16. The number of hydrogen-bond donors (Lipinski definition) is 1. The maximum absolute atomic E-state index is 13.5. The van der Waals surface area contributed by atoms with Crippen molar-refractivity contribution in [1.82, 2.24) is 5.32 Å². The Hall–Kier alpha value is -1.49. The van der Waals surface area contributed by atoms with Crippen LogP contribution in [0.2, 0.25) is 0 Å². The highest BCUT2D eigenvalue weighted by atomic mass is 19.3. The fourth-order valence-corrected chi connectivity index (χ4v) is 1.18. The van der Waals surface area contributed by atoms with E-state index in [0.29, 0.717) is 0 Å². The van der Waals surface area contributed by atoms with Crippen LogP contribution in [0.1, 0.15) is 5.56 Å². The second-order valence-electron chi connectivity index (χ2n) is 3.25. The van der Waals surface area contributed by atoms with Crippen molar-refractivity contribution in [3.05, 3.63) is 35.9 Å². The number of methoxy groups -OCH3 is 1. The van der Waals surface area contributed by atoms with Crippen molar-refractivity contribution >= 4 is 5.97 Å². The molecule has 0 aliphatic carbocycles. The zero-order valence-electron chi connectivity index (χ0n) is 8.87. The normalized spacial score (nSPS) is 11.2. The van der Waals surface area contributed by atoms with Crippen LogP contribution in [-0.4, -0.2) is 26.2 Å². The predicted octanol–water partition coefficient (Wildman–Crippen LogP) is 1.54. The number of carbonyl (C=O) groups excluding carboxylic acids is 1. The molecule has 0 aliphatic heterocycles. The zero-order chi connectivity index (χ0) is 12.0. The fourth-order valence-electron chi connectivity index (χ4n) is 1.18. The number of ether oxygens (including phenoxy) is 1. The van der Waals surface area contributed by atoms with E-state index in [1.54, 1.807) is 18.2 Å². The highest BCUT2D eigenvalue weighted by molar-refractivity contribution is 5.71. The van der Waals surface area contributed by atoms with Gasteiger partial charge in [-0.25, -0.2) is 0 Å². The number of hydrogen-bond acceptors (Lipinski definition) is 3. The molecule has 0 saturated heterocycles. The minimum Gasteiger partial charge on any atom is -0.468 e. The van der Waals surface area contributed by atoms with Gasteiger partial charge in [-0.15, -0.1) is 0 Å². The lowest BCUT2D eigenvalue weighted by atomic mass is 10.1. The molecular weight excluding hydrogens is 216 g/mol. The second kappa shape index (κ2) is 5.55. The van der Waals surface area contributed by atoms with Gasteiger partial charge in [0.05, 0.1) is 20.2 Å². The number of alkyl halides is 2. The van der Waals surface area contributed by atoms with Gasteiger partial charge in [-0.1, -0.05) is 30.3 Å². The summed E-state index contributed by atoms with van der Waals surface area (Å²) in [6.07, 6.45) is 0. The molecule has 3 nitrogen and oxygen atoms in total. The molecule has 1 N–H and O–H groups in total. The summed E-state index contributed by atoms with van der Waals surface area (Å²) in [7, 11) is 1.21. The molecule has 0 amide bonds. The Bertz CT molecular complexity index is 341. The van der Waals surface area contributed by atoms with Crippen molar-refractivity contribution in [2.24, 2.45) is 0 Å². The molecule has 0 atom stereocenters. The van der Waals surface area contributed by atoms with Gasteiger partial charge >= 0.3 is 5.97 Å². The minimum atomic E-state index is -2.99. The molecular formula is C11H13F2NO2. The summed E-state index contributed by atoms with van der Waals surface area (Å²) in [5.41, 5.74) is -0.0765. The Morgan fingerprint density at radius 1 is 1.38 bits per heavy atom. The Labute approximate surface area is 92.4 Å². The summed E-state index contributed by atoms with van der Waals surface area (Å²) in [6, 6.07) is 7.45. The first-order valence-electron chi connectivity index (χ1n) is 4.77. The SMILES string of the molecule is COC(=O)CNCC(F)(F)c1ccccc1. The third kappa shape index (κ3) is 3.58. The van der Waals surface area contributed by atoms with Crippen LogP contribution in [0, 0.1) is 0 Å². The highest BCUT2D eigenvalue weighted by Crippen LogP contribution is 2.26. The van der Waals surface area contributed by atoms with Gasteiger partial charge in [0.1, 0.15) is 0 Å². The monoisotopic (exact) mass is 229 g/mol. The van der Waals surface area contributed by atoms with Crippen LogP contribution in [0.25, 0.3) is 0 Å². The molecule has 0 aromatic heterocycles. The van der Waals surface area contributed by atoms with E-state index in [0.717, 1.165) is 0 Å². The molecule has 5 heteroatoms. The van der Waals surface area contributed by atoms with E-state index in [4.69, 9.17) is 0 Å². The van der Waals surface area contributed by atoms with Gasteiger partial charge in [0.25, 0.3) is 5.92 Å². The molecule has 0 aliphatic rings. The topological polar surface area (TPSA) is 38.3 Å². The second-order valence-corrected chi connectivity index (χ2v) is 3.25. The minimum absolute atomic E-state index is 0.0765. The third-order valence-electron chi connectivity index (χ3n) is 2.04. The molecule has 0 unspecified atom stereocenters. The van der Waals surface area contributed by atoms with E-state index in [2.05, 4.69) is 10.1 Å². The first kappa shape index (κ1) is 12.6. The van der Waals surface area contributed by atoms with Crippen molar-refractivity contribution in [2.75, 3.05) is 20.2 Å². The van der Waals surface area contributed by atoms with Gasteiger partial charge < -0.3 is 10.1 Å². The quantitative estimate of drug-likeness (QED) is 0.778. The summed E-state index contributed by atoms with van der Waals surface area (Å²) in [4.78, 5) is 10.7. The van der Waals surface area contributed by atoms with Crippen molar-refractivity contribution < 1.29 is 18.3 Å². The van der Waals surface area contributed by atoms with E-state index < -0.39 is 18.4 Å². The van der Waals surface area contributed by atoms with Crippen molar-refractivity contribution in [1.29, 1.82) is 0 Å². The van der Waals surface area contributed by atoms with E-state index in [1.807, 2.05) is 0 Å². The van der Waals surface area contributed by atoms with E-state index in [1.165, 1.54) is 19.2 Å². The summed E-state index contributed by atoms with van der Waals surface area (Å²) < 4.78 is 31.3. The van der Waals surface area contributed by atoms with Crippen LogP contribution in [0.15, 0.2) is 30.3 Å². The van der Waals surface area contributed by atoms with Gasteiger partial charge in [-0.05, 0) is 0 Å². The summed E-state index contributed by atoms with van der Waals surface area (Å²) >= 11 is 0. The Morgan fingerprint density at radius 3 is 2.56 bits per heavy atom. The molecule has 16 heavy (non-hydrogen) atoms. The number of halogens is 2. The lowest BCUT2D eigenvalue weighted by molar-refractivity contribution is -0.139. The van der Waals surface area contributed by atoms with Gasteiger partial charge in [-0.2, -0.15) is 8.78 Å². The molecule has 0 radical (unpaired) electrons. The molecule has 0 spiro atoms. The average Bonchev–Trinajstić information content (AvgIpc) is 2.30. The number of esters is 1. The summed E-state index contributed by atoms with van der Waals surface area (Å²) in [5, 5.41) is 2.35. The summed E-state index contributed by atoms with van der Waals surface area (Å²) in [6.45, 7) is -0.814. The third-order valence-corrected chi connectivity index (χ3v) is 2.04. The molecule has 0 heterocycles. The fraction of sp³-hybridized carbons (Fsp3) is 0.364. The number of rotatable bonds is 5. The van der Waals surface area contributed by atoms with Gasteiger partial charge in [0, 0.05) is 5.56 Å². The van der Waals surface area contributed by atoms with Crippen molar-refractivity contribution in [3.8, 4) is 0 Å². The standard InChI is InChI=1S/C11H13F2NO2/c1-16-10(15)7-14-8-11(12,13)9-5-3-2-4-6-9/h2-6,14H,7-8H2,1H3. The van der Waals surface area contributed by atoms with Crippen molar-refractivity contribution in [2.45, 2.75) is 5.92 Å². The number of benzene rings is 1. The van der Waals surface area contributed by atoms with Gasteiger partial charge in [-0.3, -0.25) is 4.79 Å². The number of nitrogens with one attached hydrogen (secondary N) is 1. The summed E-state index contributed by atoms with van der Waals surface area (Å²) in [5.74, 6) is -3.56. The van der Waals surface area contributed by atoms with E-state index >= 15 is 0 Å². The largest absolute Gasteiger partial charge is 0.468 e. The Balaban J connectivity index is 2.49. The predicted molar refractivity (Wildman–Crippen MR) is 55.2 cm³/mol. The molecule has 1 rings (SSSR count). The Kier molecular flexibility index (Phi) is 4.37. The van der Waals surface area contributed by atoms with Crippen LogP contribution in [0.3, 0.4) is 0 Å². The first-order valence-corrected chi connectivity index (χ1v) is 4.77. The van der Waals surface area contributed by atoms with Crippen LogP contribution >= 0.6 is 0 Å². The first-order chi connectivity index (χ1) is 7.56. The van der Waals surface area contributed by atoms with Crippen LogP contribution in [0.5, 0.6) is 0 Å². The molecule has 1 aromatic carbocycles.